The molecule has 0 aliphatic carbocycles. The van der Waals surface area contributed by atoms with Gasteiger partial charge in [0.15, 0.2) is 0 Å². The predicted octanol–water partition coefficient (Wildman–Crippen LogP) is 3.71. The van der Waals surface area contributed by atoms with Gasteiger partial charge in [0.1, 0.15) is 11.6 Å². The van der Waals surface area contributed by atoms with Crippen LogP contribution in [0.4, 0.5) is 15.9 Å². The van der Waals surface area contributed by atoms with Crippen molar-refractivity contribution in [3.63, 3.8) is 0 Å². The molecule has 3 rings (SSSR count). The van der Waals surface area contributed by atoms with Gasteiger partial charge in [0.2, 0.25) is 0 Å². The van der Waals surface area contributed by atoms with E-state index in [2.05, 4.69) is 15.4 Å². The minimum atomic E-state index is -2.21. The van der Waals surface area contributed by atoms with Crippen LogP contribution in [0.1, 0.15) is 13.8 Å². The monoisotopic (exact) mass is 401 g/mol. The van der Waals surface area contributed by atoms with Gasteiger partial charge in [-0.3, -0.25) is 9.54 Å². The van der Waals surface area contributed by atoms with Crippen LogP contribution < -0.4 is 11.2 Å². The molecule has 146 valence electrons. The summed E-state index contributed by atoms with van der Waals surface area (Å²) >= 11 is -2.21. The highest BCUT2D eigenvalue weighted by Gasteiger charge is 2.17. The van der Waals surface area contributed by atoms with Gasteiger partial charge in [-0.15, -0.1) is 4.41 Å². The number of para-hydroxylation sites is 1. The number of halogens is 1. The van der Waals surface area contributed by atoms with Gasteiger partial charge in [-0.25, -0.2) is 13.6 Å². The third kappa shape index (κ3) is 4.33. The Labute approximate surface area is 164 Å². The molecule has 1 unspecified atom stereocenters. The molecule has 0 aliphatic rings. The first-order valence-corrected chi connectivity index (χ1v) is 9.57. The fourth-order valence-electron chi connectivity index (χ4n) is 2.67. The van der Waals surface area contributed by atoms with Gasteiger partial charge >= 0.3 is 0 Å². The first-order chi connectivity index (χ1) is 13.4. The molecule has 0 amide bonds. The van der Waals surface area contributed by atoms with Gasteiger partial charge in [-0.2, -0.15) is 0 Å². The zero-order valence-corrected chi connectivity index (χ0v) is 16.2. The molecule has 0 bridgehead atoms. The molecule has 9 heteroatoms. The molecule has 28 heavy (non-hydrogen) atoms. The summed E-state index contributed by atoms with van der Waals surface area (Å²) in [4.78, 5) is 8.04. The van der Waals surface area contributed by atoms with E-state index in [0.29, 0.717) is 28.1 Å². The molecular weight excluding hydrogens is 381 g/mol. The first kappa shape index (κ1) is 19.9. The normalized spacial score (nSPS) is 12.4. The fourth-order valence-corrected chi connectivity index (χ4v) is 3.20. The highest BCUT2D eigenvalue weighted by molar-refractivity contribution is 7.76. The second-order valence-corrected chi connectivity index (χ2v) is 7.18. The molecule has 1 aromatic heterocycles. The highest BCUT2D eigenvalue weighted by Crippen LogP contribution is 2.32. The number of hydrogen-bond donors (Lipinski definition) is 3. The Bertz CT molecular complexity index is 998. The van der Waals surface area contributed by atoms with E-state index in [1.54, 1.807) is 44.2 Å². The molecule has 7 nitrogen and oxygen atoms in total. The summed E-state index contributed by atoms with van der Waals surface area (Å²) in [6, 6.07) is 11.7. The summed E-state index contributed by atoms with van der Waals surface area (Å²) < 4.78 is 37.0. The number of hydrogen-bond acceptors (Lipinski definition) is 5. The second kappa shape index (κ2) is 8.42. The zero-order chi connectivity index (χ0) is 20.3. The number of hydrazine groups is 1. The summed E-state index contributed by atoms with van der Waals surface area (Å²) in [6.45, 7) is 3.57. The third-order valence-electron chi connectivity index (χ3n) is 4.02. The zero-order valence-electron chi connectivity index (χ0n) is 15.3. The van der Waals surface area contributed by atoms with E-state index in [1.165, 1.54) is 22.9 Å². The minimum absolute atomic E-state index is 0.234. The molecule has 0 saturated carbocycles. The maximum Gasteiger partial charge on any atom is 0.253 e. The van der Waals surface area contributed by atoms with Crippen LogP contribution in [0.15, 0.2) is 54.9 Å². The number of benzene rings is 2. The molecule has 0 radical (unpaired) electrons. The third-order valence-corrected chi connectivity index (χ3v) is 4.87. The van der Waals surface area contributed by atoms with Crippen LogP contribution in [0.5, 0.6) is 0 Å². The maximum absolute atomic E-state index is 14.8. The van der Waals surface area contributed by atoms with Crippen molar-refractivity contribution in [2.45, 2.75) is 19.9 Å². The van der Waals surface area contributed by atoms with Crippen LogP contribution in [-0.4, -0.2) is 29.2 Å². The quantitative estimate of drug-likeness (QED) is 0.430. The van der Waals surface area contributed by atoms with Crippen molar-refractivity contribution in [2.24, 2.45) is 0 Å². The van der Waals surface area contributed by atoms with Crippen LogP contribution >= 0.6 is 0 Å². The number of nitrogens with one attached hydrogen (secondary N) is 1. The molecule has 0 fully saturated rings. The smallest absolute Gasteiger partial charge is 0.253 e. The largest absolute Gasteiger partial charge is 0.382 e. The number of nitrogens with zero attached hydrogens (tertiary/aromatic N) is 3. The van der Waals surface area contributed by atoms with E-state index < -0.39 is 17.1 Å². The molecule has 1 atom stereocenters. The average molecular weight is 401 g/mol. The van der Waals surface area contributed by atoms with Crippen molar-refractivity contribution in [3.8, 4) is 22.4 Å². The number of nitrogens with two attached hydrogens (primary N) is 1. The van der Waals surface area contributed by atoms with Crippen molar-refractivity contribution in [1.29, 1.82) is 0 Å². The fraction of sp³-hybridized carbons (Fsp3) is 0.158. The lowest BCUT2D eigenvalue weighted by Crippen LogP contribution is -2.37. The SMILES string of the molecule is CC(C)N(Nc1ccccc1-c1ccc(-c2cnc(N)cn2)c(F)c1)S(=O)O. The van der Waals surface area contributed by atoms with Crippen molar-refractivity contribution in [1.82, 2.24) is 14.4 Å². The van der Waals surface area contributed by atoms with E-state index >= 15 is 0 Å². The summed E-state index contributed by atoms with van der Waals surface area (Å²) in [5.41, 5.74) is 11.0. The summed E-state index contributed by atoms with van der Waals surface area (Å²) in [5, 5.41) is 0. The molecule has 0 saturated heterocycles. The van der Waals surface area contributed by atoms with Gasteiger partial charge < -0.3 is 11.2 Å². The summed E-state index contributed by atoms with van der Waals surface area (Å²) in [7, 11) is 0. The van der Waals surface area contributed by atoms with Crippen molar-refractivity contribution < 1.29 is 13.2 Å². The lowest BCUT2D eigenvalue weighted by molar-refractivity contribution is 0.392. The molecule has 3 aromatic rings. The Kier molecular flexibility index (Phi) is 5.98. The Morgan fingerprint density at radius 2 is 1.89 bits per heavy atom. The average Bonchev–Trinajstić information content (AvgIpc) is 2.66. The number of nitrogen functional groups attached to an aromatic ring is 1. The van der Waals surface area contributed by atoms with Crippen molar-refractivity contribution in [2.75, 3.05) is 11.2 Å². The lowest BCUT2D eigenvalue weighted by atomic mass is 10.0. The number of rotatable bonds is 6. The van der Waals surface area contributed by atoms with Crippen LogP contribution in [0.3, 0.4) is 0 Å². The number of aromatic nitrogens is 2. The standard InChI is InChI=1S/C19H20FN5O2S/c1-12(2)25(28(26)27)24-17-6-4-3-5-14(17)13-7-8-15(16(20)9-13)18-10-23-19(21)11-22-18/h3-12,24H,1-2H3,(H2,21,23)(H,26,27). The van der Waals surface area contributed by atoms with E-state index in [4.69, 9.17) is 5.73 Å². The molecule has 2 aromatic carbocycles. The Hall–Kier alpha value is -2.88. The molecule has 1 heterocycles. The van der Waals surface area contributed by atoms with E-state index in [1.807, 2.05) is 6.07 Å². The topological polar surface area (TPSA) is 104 Å². The van der Waals surface area contributed by atoms with E-state index in [9.17, 15) is 13.2 Å². The molecule has 0 spiro atoms. The first-order valence-electron chi connectivity index (χ1n) is 8.50. The van der Waals surface area contributed by atoms with Crippen LogP contribution in [0.25, 0.3) is 22.4 Å². The van der Waals surface area contributed by atoms with Gasteiger partial charge in [0.05, 0.1) is 23.8 Å². The Balaban J connectivity index is 1.97. The summed E-state index contributed by atoms with van der Waals surface area (Å²) in [6.07, 6.45) is 2.79. The molecular formula is C19H20FN5O2S. The molecule has 4 N–H and O–H groups in total. The minimum Gasteiger partial charge on any atom is -0.382 e. The van der Waals surface area contributed by atoms with Gasteiger partial charge in [-0.1, -0.05) is 24.3 Å². The van der Waals surface area contributed by atoms with Crippen LogP contribution in [0.2, 0.25) is 0 Å². The number of anilines is 2. The highest BCUT2D eigenvalue weighted by atomic mass is 32.2. The van der Waals surface area contributed by atoms with E-state index in [0.717, 1.165) is 0 Å². The summed E-state index contributed by atoms with van der Waals surface area (Å²) in [5.74, 6) is -0.199. The maximum atomic E-state index is 14.8. The van der Waals surface area contributed by atoms with Crippen molar-refractivity contribution >= 4 is 22.8 Å². The lowest BCUT2D eigenvalue weighted by Gasteiger charge is -2.25. The van der Waals surface area contributed by atoms with Crippen LogP contribution in [-0.2, 0) is 11.3 Å². The van der Waals surface area contributed by atoms with Gasteiger partial charge in [-0.05, 0) is 37.6 Å². The predicted molar refractivity (Wildman–Crippen MR) is 109 cm³/mol. The van der Waals surface area contributed by atoms with E-state index in [-0.39, 0.29) is 11.9 Å². The Morgan fingerprint density at radius 1 is 1.14 bits per heavy atom. The van der Waals surface area contributed by atoms with Gasteiger partial charge in [0.25, 0.3) is 11.3 Å². The Morgan fingerprint density at radius 3 is 2.50 bits per heavy atom. The van der Waals surface area contributed by atoms with Gasteiger partial charge in [0, 0.05) is 17.2 Å². The van der Waals surface area contributed by atoms with Crippen molar-refractivity contribution in [3.05, 3.63) is 60.7 Å². The second-order valence-electron chi connectivity index (χ2n) is 6.33. The van der Waals surface area contributed by atoms with Crippen LogP contribution in [0, 0.1) is 5.82 Å². The molecule has 0 aliphatic heterocycles.